The molecular formula is C17H17Cl2N5OS2. The smallest absolute Gasteiger partial charge is 0.233 e. The topological polar surface area (TPSA) is 72.7 Å². The highest BCUT2D eigenvalue weighted by molar-refractivity contribution is 8.00. The Morgan fingerprint density at radius 1 is 1.33 bits per heavy atom. The van der Waals surface area contributed by atoms with Gasteiger partial charge < -0.3 is 5.32 Å². The Kier molecular flexibility index (Phi) is 6.75. The molecule has 10 heteroatoms. The minimum Gasteiger partial charge on any atom is -0.349 e. The molecule has 0 saturated heterocycles. The van der Waals surface area contributed by atoms with Crippen molar-refractivity contribution in [3.8, 4) is 0 Å². The summed E-state index contributed by atoms with van der Waals surface area (Å²) in [7, 11) is 0. The van der Waals surface area contributed by atoms with Crippen molar-refractivity contribution in [2.75, 3.05) is 0 Å². The van der Waals surface area contributed by atoms with Gasteiger partial charge in [0.1, 0.15) is 0 Å². The summed E-state index contributed by atoms with van der Waals surface area (Å²) in [5.74, 6) is -0.121. The highest BCUT2D eigenvalue weighted by Crippen LogP contribution is 2.27. The van der Waals surface area contributed by atoms with E-state index >= 15 is 0 Å². The Morgan fingerprint density at radius 2 is 2.15 bits per heavy atom. The summed E-state index contributed by atoms with van der Waals surface area (Å²) in [6, 6.07) is 8.99. The predicted octanol–water partition coefficient (Wildman–Crippen LogP) is 4.45. The van der Waals surface area contributed by atoms with Crippen LogP contribution in [0.2, 0.25) is 10.0 Å². The van der Waals surface area contributed by atoms with Crippen LogP contribution in [0.4, 0.5) is 0 Å². The van der Waals surface area contributed by atoms with Gasteiger partial charge in [-0.25, -0.2) is 4.68 Å². The molecule has 6 nitrogen and oxygen atoms in total. The predicted molar refractivity (Wildman–Crippen MR) is 110 cm³/mol. The van der Waals surface area contributed by atoms with Gasteiger partial charge in [-0.2, -0.15) is 0 Å². The summed E-state index contributed by atoms with van der Waals surface area (Å²) in [6.07, 6.45) is 0. The van der Waals surface area contributed by atoms with Crippen molar-refractivity contribution in [3.63, 3.8) is 0 Å². The normalized spacial score (nSPS) is 13.3. The van der Waals surface area contributed by atoms with Crippen molar-refractivity contribution in [1.82, 2.24) is 25.5 Å². The first kappa shape index (κ1) is 20.1. The zero-order valence-electron chi connectivity index (χ0n) is 14.6. The molecule has 0 fully saturated rings. The second-order valence-corrected chi connectivity index (χ2v) is 9.04. The van der Waals surface area contributed by atoms with Gasteiger partial charge in [-0.1, -0.05) is 47.1 Å². The summed E-state index contributed by atoms with van der Waals surface area (Å²) in [5.41, 5.74) is 0.814. The molecular weight excluding hydrogens is 425 g/mol. The van der Waals surface area contributed by atoms with Crippen LogP contribution in [0.25, 0.3) is 0 Å². The van der Waals surface area contributed by atoms with Crippen LogP contribution in [0.1, 0.15) is 30.3 Å². The Balaban J connectivity index is 1.62. The zero-order chi connectivity index (χ0) is 19.4. The minimum atomic E-state index is -0.369. The molecule has 0 aliphatic heterocycles. The van der Waals surface area contributed by atoms with Crippen LogP contribution in [-0.4, -0.2) is 31.4 Å². The van der Waals surface area contributed by atoms with Gasteiger partial charge in [-0.15, -0.1) is 16.4 Å². The van der Waals surface area contributed by atoms with Crippen LogP contribution in [0.3, 0.4) is 0 Å². The Labute approximate surface area is 175 Å². The molecule has 0 aliphatic carbocycles. The van der Waals surface area contributed by atoms with Crippen LogP contribution in [0, 0.1) is 0 Å². The van der Waals surface area contributed by atoms with Crippen molar-refractivity contribution in [3.05, 3.63) is 56.2 Å². The molecule has 2 unspecified atom stereocenters. The van der Waals surface area contributed by atoms with Crippen molar-refractivity contribution >= 4 is 52.2 Å². The third kappa shape index (κ3) is 5.22. The van der Waals surface area contributed by atoms with E-state index in [-0.39, 0.29) is 17.2 Å². The minimum absolute atomic E-state index is 0.121. The van der Waals surface area contributed by atoms with Crippen molar-refractivity contribution in [2.24, 2.45) is 0 Å². The van der Waals surface area contributed by atoms with Gasteiger partial charge in [0, 0.05) is 14.9 Å². The van der Waals surface area contributed by atoms with E-state index in [1.807, 2.05) is 37.4 Å². The Hall–Kier alpha value is -1.61. The first-order valence-corrected chi connectivity index (χ1v) is 10.7. The fourth-order valence-electron chi connectivity index (χ4n) is 2.40. The number of hydrogen-bond acceptors (Lipinski definition) is 6. The highest BCUT2D eigenvalue weighted by Gasteiger charge is 2.21. The zero-order valence-corrected chi connectivity index (χ0v) is 17.7. The molecule has 0 aliphatic rings. The van der Waals surface area contributed by atoms with E-state index in [2.05, 4.69) is 20.8 Å². The molecule has 0 radical (unpaired) electrons. The number of nitrogens with zero attached hydrogens (tertiary/aromatic N) is 4. The van der Waals surface area contributed by atoms with Gasteiger partial charge in [0.25, 0.3) is 0 Å². The summed E-state index contributed by atoms with van der Waals surface area (Å²) >= 11 is 15.1. The average Bonchev–Trinajstić information content (AvgIpc) is 3.27. The molecule has 0 spiro atoms. The van der Waals surface area contributed by atoms with E-state index < -0.39 is 0 Å². The van der Waals surface area contributed by atoms with Crippen molar-refractivity contribution < 1.29 is 4.79 Å². The van der Waals surface area contributed by atoms with Gasteiger partial charge in [-0.3, -0.25) is 4.79 Å². The quantitative estimate of drug-likeness (QED) is 0.548. The maximum Gasteiger partial charge on any atom is 0.233 e. The second-order valence-electron chi connectivity index (χ2n) is 5.85. The number of benzene rings is 1. The second kappa shape index (κ2) is 9.05. The van der Waals surface area contributed by atoms with Gasteiger partial charge in [0.2, 0.25) is 11.1 Å². The summed E-state index contributed by atoms with van der Waals surface area (Å²) in [4.78, 5) is 13.7. The Bertz CT molecular complexity index is 916. The molecule has 1 aromatic carbocycles. The number of tetrazole rings is 1. The SMILES string of the molecule is CC(Sc1nnnn1Cc1cccs1)C(=O)NC(C)c1ccc(Cl)cc1Cl. The third-order valence-corrected chi connectivity index (χ3v) is 6.32. The lowest BCUT2D eigenvalue weighted by atomic mass is 10.1. The monoisotopic (exact) mass is 441 g/mol. The van der Waals surface area contributed by atoms with Gasteiger partial charge >= 0.3 is 0 Å². The molecule has 2 aromatic heterocycles. The summed E-state index contributed by atoms with van der Waals surface area (Å²) in [5, 5.41) is 18.1. The molecule has 3 rings (SSSR count). The first-order chi connectivity index (χ1) is 12.9. The number of thiophene rings is 1. The number of nitrogens with one attached hydrogen (secondary N) is 1. The lowest BCUT2D eigenvalue weighted by molar-refractivity contribution is -0.120. The molecule has 2 heterocycles. The molecule has 27 heavy (non-hydrogen) atoms. The van der Waals surface area contributed by atoms with E-state index in [1.54, 1.807) is 28.2 Å². The molecule has 3 aromatic rings. The number of amides is 1. The average molecular weight is 442 g/mol. The number of halogens is 2. The van der Waals surface area contributed by atoms with Gasteiger partial charge in [0.15, 0.2) is 0 Å². The number of rotatable bonds is 7. The van der Waals surface area contributed by atoms with E-state index in [4.69, 9.17) is 23.2 Å². The van der Waals surface area contributed by atoms with Crippen molar-refractivity contribution in [1.29, 1.82) is 0 Å². The number of aromatic nitrogens is 4. The number of thioether (sulfide) groups is 1. The van der Waals surface area contributed by atoms with E-state index in [9.17, 15) is 4.79 Å². The molecule has 0 bridgehead atoms. The molecule has 1 amide bonds. The molecule has 142 valence electrons. The fraction of sp³-hybridized carbons (Fsp3) is 0.294. The van der Waals surface area contributed by atoms with Crippen LogP contribution >= 0.6 is 46.3 Å². The largest absolute Gasteiger partial charge is 0.349 e. The fourth-order valence-corrected chi connectivity index (χ4v) is 4.46. The number of carbonyl (C=O) groups is 1. The third-order valence-electron chi connectivity index (χ3n) is 3.82. The lowest BCUT2D eigenvalue weighted by Gasteiger charge is -2.18. The van der Waals surface area contributed by atoms with E-state index in [1.165, 1.54) is 11.8 Å². The van der Waals surface area contributed by atoms with E-state index in [0.29, 0.717) is 21.7 Å². The van der Waals surface area contributed by atoms with Gasteiger partial charge in [-0.05, 0) is 53.4 Å². The van der Waals surface area contributed by atoms with Crippen LogP contribution in [-0.2, 0) is 11.3 Å². The van der Waals surface area contributed by atoms with Gasteiger partial charge in [0.05, 0.1) is 17.8 Å². The highest BCUT2D eigenvalue weighted by atomic mass is 35.5. The van der Waals surface area contributed by atoms with Crippen LogP contribution in [0.15, 0.2) is 40.9 Å². The Morgan fingerprint density at radius 3 is 2.85 bits per heavy atom. The standard InChI is InChI=1S/C17H17Cl2N5OS2/c1-10(14-6-5-12(18)8-15(14)19)20-16(25)11(2)27-17-21-22-23-24(17)9-13-4-3-7-26-13/h3-8,10-11H,9H2,1-2H3,(H,20,25). The molecule has 0 saturated carbocycles. The first-order valence-electron chi connectivity index (χ1n) is 8.14. The molecule has 1 N–H and O–H groups in total. The van der Waals surface area contributed by atoms with Crippen molar-refractivity contribution in [2.45, 2.75) is 36.8 Å². The maximum atomic E-state index is 12.6. The molecule has 2 atom stereocenters. The summed E-state index contributed by atoms with van der Waals surface area (Å²) in [6.45, 7) is 4.28. The maximum absolute atomic E-state index is 12.6. The van der Waals surface area contributed by atoms with Crippen LogP contribution < -0.4 is 5.32 Å². The number of hydrogen-bond donors (Lipinski definition) is 1. The number of carbonyl (C=O) groups excluding carboxylic acids is 1. The van der Waals surface area contributed by atoms with E-state index in [0.717, 1.165) is 10.4 Å². The lowest BCUT2D eigenvalue weighted by Crippen LogP contribution is -2.33. The summed E-state index contributed by atoms with van der Waals surface area (Å²) < 4.78 is 1.69. The van der Waals surface area contributed by atoms with Crippen LogP contribution in [0.5, 0.6) is 0 Å².